The van der Waals surface area contributed by atoms with Crippen LogP contribution >= 0.6 is 23.2 Å². The second kappa shape index (κ2) is 3.75. The highest BCUT2D eigenvalue weighted by Gasteiger charge is 2.31. The van der Waals surface area contributed by atoms with E-state index in [0.717, 1.165) is 10.6 Å². The molecule has 2 heteroatoms. The second-order valence-corrected chi connectivity index (χ2v) is 5.07. The lowest BCUT2D eigenvalue weighted by molar-refractivity contribution is 0.791. The van der Waals surface area contributed by atoms with Crippen molar-refractivity contribution in [3.8, 4) is 0 Å². The summed E-state index contributed by atoms with van der Waals surface area (Å²) in [5.74, 6) is 0.691. The van der Waals surface area contributed by atoms with E-state index in [0.29, 0.717) is 5.92 Å². The lowest BCUT2D eigenvalue weighted by atomic mass is 10.0. The molecule has 0 N–H and O–H groups in total. The Morgan fingerprint density at radius 1 is 1.21 bits per heavy atom. The van der Waals surface area contributed by atoms with Crippen molar-refractivity contribution in [3.05, 3.63) is 33.8 Å². The van der Waals surface area contributed by atoms with Crippen LogP contribution in [0.15, 0.2) is 12.1 Å². The first-order chi connectivity index (χ1) is 6.59. The topological polar surface area (TPSA) is 0 Å². The molecule has 0 spiro atoms. The molecule has 0 bridgehead atoms. The summed E-state index contributed by atoms with van der Waals surface area (Å²) in [6.45, 7) is 4.11. The van der Waals surface area contributed by atoms with Gasteiger partial charge in [-0.1, -0.05) is 17.7 Å². The number of alkyl halides is 1. The van der Waals surface area contributed by atoms with Crippen molar-refractivity contribution in [1.82, 2.24) is 0 Å². The van der Waals surface area contributed by atoms with Gasteiger partial charge in [0.2, 0.25) is 0 Å². The Bertz CT molecular complexity index is 354. The van der Waals surface area contributed by atoms with Crippen LogP contribution < -0.4 is 0 Å². The highest BCUT2D eigenvalue weighted by molar-refractivity contribution is 6.31. The molecule has 1 aliphatic carbocycles. The first kappa shape index (κ1) is 10.3. The van der Waals surface area contributed by atoms with Gasteiger partial charge in [0.25, 0.3) is 0 Å². The average Bonchev–Trinajstić information content (AvgIpc) is 2.93. The third-order valence-corrected chi connectivity index (χ3v) is 3.88. The smallest absolute Gasteiger partial charge is 0.0616 e. The van der Waals surface area contributed by atoms with E-state index in [1.54, 1.807) is 0 Å². The monoisotopic (exact) mass is 228 g/mol. The molecule has 1 fully saturated rings. The van der Waals surface area contributed by atoms with Crippen LogP contribution in [0.1, 0.15) is 34.9 Å². The third kappa shape index (κ3) is 1.92. The fourth-order valence-corrected chi connectivity index (χ4v) is 2.45. The fraction of sp³-hybridized carbons (Fsp3) is 0.500. The minimum atomic E-state index is 0.186. The molecule has 0 radical (unpaired) electrons. The number of aryl methyl sites for hydroxylation is 2. The second-order valence-electron chi connectivity index (χ2n) is 4.20. The Morgan fingerprint density at radius 2 is 1.86 bits per heavy atom. The number of benzene rings is 1. The zero-order valence-corrected chi connectivity index (χ0v) is 9.99. The molecule has 14 heavy (non-hydrogen) atoms. The molecule has 0 heterocycles. The summed E-state index contributed by atoms with van der Waals surface area (Å²) in [4.78, 5) is 0. The van der Waals surface area contributed by atoms with Crippen molar-refractivity contribution in [1.29, 1.82) is 0 Å². The maximum absolute atomic E-state index is 6.39. The van der Waals surface area contributed by atoms with E-state index >= 15 is 0 Å². The van der Waals surface area contributed by atoms with Crippen LogP contribution in [0.2, 0.25) is 5.02 Å². The molecule has 1 unspecified atom stereocenters. The number of hydrogen-bond donors (Lipinski definition) is 0. The van der Waals surface area contributed by atoms with Gasteiger partial charge in [-0.2, -0.15) is 0 Å². The molecule has 1 aromatic rings. The minimum Gasteiger partial charge on any atom is -0.118 e. The van der Waals surface area contributed by atoms with E-state index in [-0.39, 0.29) is 5.38 Å². The molecule has 1 saturated carbocycles. The summed E-state index contributed by atoms with van der Waals surface area (Å²) >= 11 is 12.4. The molecule has 0 saturated heterocycles. The standard InChI is InChI=1S/C12H14Cl2/c1-7-6-11(13)8(2)5-10(7)12(14)9-3-4-9/h5-6,9,12H,3-4H2,1-2H3. The Balaban J connectivity index is 2.36. The fourth-order valence-electron chi connectivity index (χ4n) is 1.74. The quantitative estimate of drug-likeness (QED) is 0.647. The van der Waals surface area contributed by atoms with Crippen LogP contribution in [-0.2, 0) is 0 Å². The molecule has 0 nitrogen and oxygen atoms in total. The van der Waals surface area contributed by atoms with Crippen LogP contribution in [-0.4, -0.2) is 0 Å². The minimum absolute atomic E-state index is 0.186. The number of hydrogen-bond acceptors (Lipinski definition) is 0. The van der Waals surface area contributed by atoms with Crippen LogP contribution in [0.25, 0.3) is 0 Å². The maximum atomic E-state index is 6.39. The van der Waals surface area contributed by atoms with E-state index in [4.69, 9.17) is 23.2 Å². The van der Waals surface area contributed by atoms with Crippen molar-refractivity contribution < 1.29 is 0 Å². The third-order valence-electron chi connectivity index (χ3n) is 2.88. The van der Waals surface area contributed by atoms with Gasteiger partial charge in [0.1, 0.15) is 0 Å². The Morgan fingerprint density at radius 3 is 2.43 bits per heavy atom. The lowest BCUT2D eigenvalue weighted by Crippen LogP contribution is -1.97. The van der Waals surface area contributed by atoms with E-state index in [1.165, 1.54) is 24.0 Å². The Hall–Kier alpha value is -0.200. The van der Waals surface area contributed by atoms with E-state index in [2.05, 4.69) is 13.0 Å². The predicted octanol–water partition coefficient (Wildman–Crippen LogP) is 4.65. The van der Waals surface area contributed by atoms with Crippen LogP contribution in [0.3, 0.4) is 0 Å². The Kier molecular flexibility index (Phi) is 2.77. The molecular weight excluding hydrogens is 215 g/mol. The number of rotatable bonds is 2. The largest absolute Gasteiger partial charge is 0.118 e. The van der Waals surface area contributed by atoms with Crippen LogP contribution in [0.4, 0.5) is 0 Å². The molecule has 0 aromatic heterocycles. The van der Waals surface area contributed by atoms with Crippen molar-refractivity contribution in [2.24, 2.45) is 5.92 Å². The van der Waals surface area contributed by atoms with Gasteiger partial charge in [-0.05, 0) is 55.4 Å². The van der Waals surface area contributed by atoms with Crippen molar-refractivity contribution in [2.45, 2.75) is 32.1 Å². The predicted molar refractivity (Wildman–Crippen MR) is 62.2 cm³/mol. The zero-order valence-electron chi connectivity index (χ0n) is 8.48. The van der Waals surface area contributed by atoms with Crippen LogP contribution in [0.5, 0.6) is 0 Å². The van der Waals surface area contributed by atoms with Crippen molar-refractivity contribution >= 4 is 23.2 Å². The van der Waals surface area contributed by atoms with Crippen molar-refractivity contribution in [2.75, 3.05) is 0 Å². The van der Waals surface area contributed by atoms with Gasteiger partial charge >= 0.3 is 0 Å². The van der Waals surface area contributed by atoms with Crippen LogP contribution in [0, 0.1) is 19.8 Å². The molecule has 1 aromatic carbocycles. The summed E-state index contributed by atoms with van der Waals surface area (Å²) in [6, 6.07) is 4.15. The summed E-state index contributed by atoms with van der Waals surface area (Å²) < 4.78 is 0. The molecule has 0 aliphatic heterocycles. The highest BCUT2D eigenvalue weighted by Crippen LogP contribution is 2.46. The van der Waals surface area contributed by atoms with E-state index in [9.17, 15) is 0 Å². The van der Waals surface area contributed by atoms with Crippen molar-refractivity contribution in [3.63, 3.8) is 0 Å². The molecular formula is C12H14Cl2. The van der Waals surface area contributed by atoms with Gasteiger partial charge < -0.3 is 0 Å². The van der Waals surface area contributed by atoms with Gasteiger partial charge in [0, 0.05) is 5.02 Å². The molecule has 0 amide bonds. The summed E-state index contributed by atoms with van der Waals surface area (Å²) in [5, 5.41) is 1.02. The van der Waals surface area contributed by atoms with Gasteiger partial charge in [0.15, 0.2) is 0 Å². The van der Waals surface area contributed by atoms with E-state index < -0.39 is 0 Å². The van der Waals surface area contributed by atoms with Gasteiger partial charge in [-0.25, -0.2) is 0 Å². The highest BCUT2D eigenvalue weighted by atomic mass is 35.5. The summed E-state index contributed by atoms with van der Waals surface area (Å²) in [6.07, 6.45) is 2.55. The Labute approximate surface area is 95.2 Å². The summed E-state index contributed by atoms with van der Waals surface area (Å²) in [7, 11) is 0. The summed E-state index contributed by atoms with van der Waals surface area (Å²) in [5.41, 5.74) is 3.60. The molecule has 1 atom stereocenters. The first-order valence-corrected chi connectivity index (χ1v) is 5.81. The lowest BCUT2D eigenvalue weighted by Gasteiger charge is -2.13. The molecule has 1 aliphatic rings. The normalized spacial score (nSPS) is 18.3. The molecule has 76 valence electrons. The average molecular weight is 229 g/mol. The molecule has 2 rings (SSSR count). The number of halogens is 2. The maximum Gasteiger partial charge on any atom is 0.0616 e. The van der Waals surface area contributed by atoms with Gasteiger partial charge in [-0.3, -0.25) is 0 Å². The zero-order chi connectivity index (χ0) is 10.3. The SMILES string of the molecule is Cc1cc(C(Cl)C2CC2)c(C)cc1Cl. The van der Waals surface area contributed by atoms with Gasteiger partial charge in [-0.15, -0.1) is 11.6 Å². The van der Waals surface area contributed by atoms with E-state index in [1.807, 2.05) is 13.0 Å². The van der Waals surface area contributed by atoms with Gasteiger partial charge in [0.05, 0.1) is 5.38 Å². The first-order valence-electron chi connectivity index (χ1n) is 5.00.